The molecule has 3 heteroatoms. The van der Waals surface area contributed by atoms with E-state index in [0.29, 0.717) is 6.61 Å². The van der Waals surface area contributed by atoms with Crippen molar-refractivity contribution in [3.63, 3.8) is 0 Å². The van der Waals surface area contributed by atoms with E-state index in [0.717, 1.165) is 31.0 Å². The highest BCUT2D eigenvalue weighted by Gasteiger charge is 2.09. The van der Waals surface area contributed by atoms with Gasteiger partial charge in [-0.1, -0.05) is 26.3 Å². The van der Waals surface area contributed by atoms with E-state index in [-0.39, 0.29) is 6.10 Å². The normalized spacial score (nSPS) is 12.2. The van der Waals surface area contributed by atoms with Crippen molar-refractivity contribution < 1.29 is 9.47 Å². The SMILES string of the molecule is CCCCNCc1ccc(OC(C)CC)c(OCC)c1. The Kier molecular flexibility index (Phi) is 8.12. The lowest BCUT2D eigenvalue weighted by molar-refractivity contribution is 0.203. The van der Waals surface area contributed by atoms with Gasteiger partial charge in [0.05, 0.1) is 12.7 Å². The van der Waals surface area contributed by atoms with Gasteiger partial charge in [0.15, 0.2) is 11.5 Å². The van der Waals surface area contributed by atoms with Crippen molar-refractivity contribution in [2.75, 3.05) is 13.2 Å². The number of ether oxygens (including phenoxy) is 2. The van der Waals surface area contributed by atoms with Crippen molar-refractivity contribution in [3.05, 3.63) is 23.8 Å². The Labute approximate surface area is 123 Å². The molecular formula is C17H29NO2. The van der Waals surface area contributed by atoms with Crippen molar-refractivity contribution in [3.8, 4) is 11.5 Å². The van der Waals surface area contributed by atoms with E-state index in [1.54, 1.807) is 0 Å². The van der Waals surface area contributed by atoms with Gasteiger partial charge in [-0.05, 0) is 50.9 Å². The standard InChI is InChI=1S/C17H29NO2/c1-5-8-11-18-13-15-9-10-16(20-14(4)6-2)17(12-15)19-7-3/h9-10,12,14,18H,5-8,11,13H2,1-4H3. The molecule has 0 fully saturated rings. The molecule has 1 rings (SSSR count). The Balaban J connectivity index is 2.67. The highest BCUT2D eigenvalue weighted by atomic mass is 16.5. The van der Waals surface area contributed by atoms with Gasteiger partial charge >= 0.3 is 0 Å². The topological polar surface area (TPSA) is 30.5 Å². The third-order valence-electron chi connectivity index (χ3n) is 3.25. The van der Waals surface area contributed by atoms with E-state index in [1.807, 2.05) is 13.0 Å². The molecule has 0 aliphatic rings. The fourth-order valence-corrected chi connectivity index (χ4v) is 1.86. The van der Waals surface area contributed by atoms with E-state index in [2.05, 4.69) is 38.2 Å². The fraction of sp³-hybridized carbons (Fsp3) is 0.647. The van der Waals surface area contributed by atoms with Crippen LogP contribution in [0.1, 0.15) is 52.5 Å². The maximum Gasteiger partial charge on any atom is 0.161 e. The van der Waals surface area contributed by atoms with Gasteiger partial charge in [-0.15, -0.1) is 0 Å². The van der Waals surface area contributed by atoms with Crippen LogP contribution in [-0.4, -0.2) is 19.3 Å². The molecule has 114 valence electrons. The van der Waals surface area contributed by atoms with Gasteiger partial charge in [0.2, 0.25) is 0 Å². The van der Waals surface area contributed by atoms with Gasteiger partial charge in [0, 0.05) is 6.54 Å². The zero-order valence-electron chi connectivity index (χ0n) is 13.4. The number of hydrogen-bond acceptors (Lipinski definition) is 3. The van der Waals surface area contributed by atoms with Gasteiger partial charge in [-0.3, -0.25) is 0 Å². The Hall–Kier alpha value is -1.22. The maximum absolute atomic E-state index is 5.90. The number of rotatable bonds is 10. The largest absolute Gasteiger partial charge is 0.490 e. The number of benzene rings is 1. The van der Waals surface area contributed by atoms with Crippen LogP contribution in [0.2, 0.25) is 0 Å². The minimum Gasteiger partial charge on any atom is -0.490 e. The van der Waals surface area contributed by atoms with Crippen LogP contribution in [0.5, 0.6) is 11.5 Å². The number of nitrogens with one attached hydrogen (secondary N) is 1. The van der Waals surface area contributed by atoms with E-state index in [9.17, 15) is 0 Å². The molecule has 0 amide bonds. The molecule has 1 aromatic rings. The Morgan fingerprint density at radius 3 is 2.60 bits per heavy atom. The summed E-state index contributed by atoms with van der Waals surface area (Å²) in [6, 6.07) is 6.22. The maximum atomic E-state index is 5.90. The summed E-state index contributed by atoms with van der Waals surface area (Å²) in [5.41, 5.74) is 1.24. The minimum atomic E-state index is 0.211. The summed E-state index contributed by atoms with van der Waals surface area (Å²) in [4.78, 5) is 0. The third-order valence-corrected chi connectivity index (χ3v) is 3.25. The quantitative estimate of drug-likeness (QED) is 0.653. The highest BCUT2D eigenvalue weighted by Crippen LogP contribution is 2.29. The molecule has 1 aromatic carbocycles. The first kappa shape index (κ1) is 16.8. The minimum absolute atomic E-state index is 0.211. The van der Waals surface area contributed by atoms with Crippen LogP contribution in [0.3, 0.4) is 0 Å². The molecule has 3 nitrogen and oxygen atoms in total. The molecule has 0 saturated carbocycles. The second-order valence-electron chi connectivity index (χ2n) is 5.08. The van der Waals surface area contributed by atoms with Crippen molar-refractivity contribution in [2.45, 2.75) is 59.6 Å². The summed E-state index contributed by atoms with van der Waals surface area (Å²) in [6.07, 6.45) is 3.64. The molecule has 0 aromatic heterocycles. The Morgan fingerprint density at radius 1 is 1.15 bits per heavy atom. The summed E-state index contributed by atoms with van der Waals surface area (Å²) in [5, 5.41) is 3.45. The highest BCUT2D eigenvalue weighted by molar-refractivity contribution is 5.43. The molecule has 0 bridgehead atoms. The average molecular weight is 279 g/mol. The van der Waals surface area contributed by atoms with Gasteiger partial charge in [0.1, 0.15) is 0 Å². The van der Waals surface area contributed by atoms with Gasteiger partial charge in [0.25, 0.3) is 0 Å². The molecule has 0 saturated heterocycles. The van der Waals surface area contributed by atoms with Crippen molar-refractivity contribution in [1.82, 2.24) is 5.32 Å². The Morgan fingerprint density at radius 2 is 1.95 bits per heavy atom. The zero-order chi connectivity index (χ0) is 14.8. The summed E-state index contributed by atoms with van der Waals surface area (Å²) in [7, 11) is 0. The summed E-state index contributed by atoms with van der Waals surface area (Å²) in [6.45, 7) is 11.0. The van der Waals surface area contributed by atoms with Gasteiger partial charge in [-0.2, -0.15) is 0 Å². The van der Waals surface area contributed by atoms with Crippen molar-refractivity contribution in [2.24, 2.45) is 0 Å². The van der Waals surface area contributed by atoms with Gasteiger partial charge in [-0.25, -0.2) is 0 Å². The predicted octanol–water partition coefficient (Wildman–Crippen LogP) is 4.15. The fourth-order valence-electron chi connectivity index (χ4n) is 1.86. The first-order valence-electron chi connectivity index (χ1n) is 7.84. The molecule has 1 unspecified atom stereocenters. The summed E-state index contributed by atoms with van der Waals surface area (Å²) < 4.78 is 11.6. The zero-order valence-corrected chi connectivity index (χ0v) is 13.4. The molecule has 1 N–H and O–H groups in total. The number of hydrogen-bond donors (Lipinski definition) is 1. The van der Waals surface area contributed by atoms with E-state index >= 15 is 0 Å². The lowest BCUT2D eigenvalue weighted by Crippen LogP contribution is -2.15. The first-order chi connectivity index (χ1) is 9.71. The van der Waals surface area contributed by atoms with Crippen molar-refractivity contribution >= 4 is 0 Å². The van der Waals surface area contributed by atoms with E-state index in [1.165, 1.54) is 18.4 Å². The molecule has 1 atom stereocenters. The third kappa shape index (κ3) is 5.83. The summed E-state index contributed by atoms with van der Waals surface area (Å²) >= 11 is 0. The molecule has 0 heterocycles. The van der Waals surface area contributed by atoms with Crippen LogP contribution in [0.25, 0.3) is 0 Å². The van der Waals surface area contributed by atoms with Crippen LogP contribution in [-0.2, 0) is 6.54 Å². The molecule has 0 radical (unpaired) electrons. The lowest BCUT2D eigenvalue weighted by Gasteiger charge is -2.17. The molecule has 0 aliphatic heterocycles. The van der Waals surface area contributed by atoms with E-state index < -0.39 is 0 Å². The number of unbranched alkanes of at least 4 members (excludes halogenated alkanes) is 1. The lowest BCUT2D eigenvalue weighted by atomic mass is 10.2. The molecule has 0 spiro atoms. The van der Waals surface area contributed by atoms with Crippen molar-refractivity contribution in [1.29, 1.82) is 0 Å². The predicted molar refractivity (Wildman–Crippen MR) is 84.6 cm³/mol. The Bertz CT molecular complexity index is 379. The van der Waals surface area contributed by atoms with Crippen LogP contribution >= 0.6 is 0 Å². The average Bonchev–Trinajstić information content (AvgIpc) is 2.46. The second-order valence-corrected chi connectivity index (χ2v) is 5.08. The van der Waals surface area contributed by atoms with Crippen LogP contribution in [0, 0.1) is 0 Å². The first-order valence-corrected chi connectivity index (χ1v) is 7.84. The van der Waals surface area contributed by atoms with Crippen LogP contribution in [0.4, 0.5) is 0 Å². The monoisotopic (exact) mass is 279 g/mol. The van der Waals surface area contributed by atoms with Crippen LogP contribution in [0.15, 0.2) is 18.2 Å². The molecule has 20 heavy (non-hydrogen) atoms. The van der Waals surface area contributed by atoms with Gasteiger partial charge < -0.3 is 14.8 Å². The molecule has 0 aliphatic carbocycles. The second kappa shape index (κ2) is 9.65. The molecular weight excluding hydrogens is 250 g/mol. The van der Waals surface area contributed by atoms with Crippen LogP contribution < -0.4 is 14.8 Å². The smallest absolute Gasteiger partial charge is 0.161 e. The van der Waals surface area contributed by atoms with E-state index in [4.69, 9.17) is 9.47 Å². The summed E-state index contributed by atoms with van der Waals surface area (Å²) in [5.74, 6) is 1.70.